The average molecular weight is 365 g/mol. The number of nitrogens with one attached hydrogen (secondary N) is 1. The van der Waals surface area contributed by atoms with Crippen LogP contribution in [0.25, 0.3) is 0 Å². The van der Waals surface area contributed by atoms with Crippen LogP contribution in [0.3, 0.4) is 0 Å². The molecule has 25 heavy (non-hydrogen) atoms. The fourth-order valence-electron chi connectivity index (χ4n) is 2.55. The number of nitrogens with zero attached hydrogens (tertiary/aromatic N) is 1. The Bertz CT molecular complexity index is 488. The van der Waals surface area contributed by atoms with Crippen molar-refractivity contribution in [3.8, 4) is 0 Å². The molecule has 1 N–H and O–H groups in total. The molecule has 4 nitrogen and oxygen atoms in total. The van der Waals surface area contributed by atoms with Crippen molar-refractivity contribution in [3.05, 3.63) is 30.3 Å². The molecule has 140 valence electrons. The van der Waals surface area contributed by atoms with Gasteiger partial charge < -0.3 is 10.2 Å². The normalized spacial score (nSPS) is 10.5. The predicted molar refractivity (Wildman–Crippen MR) is 106 cm³/mol. The van der Waals surface area contributed by atoms with Gasteiger partial charge in [0.05, 0.1) is 0 Å². The van der Waals surface area contributed by atoms with Crippen molar-refractivity contribution in [2.45, 2.75) is 57.3 Å². The van der Waals surface area contributed by atoms with Crippen LogP contribution in [-0.4, -0.2) is 42.1 Å². The van der Waals surface area contributed by atoms with Crippen molar-refractivity contribution < 1.29 is 9.59 Å². The number of carbonyl (C=O) groups is 2. The molecule has 0 aliphatic rings. The number of hydrogen-bond acceptors (Lipinski definition) is 3. The Morgan fingerprint density at radius 1 is 1.00 bits per heavy atom. The first-order chi connectivity index (χ1) is 12.2. The molecule has 0 saturated heterocycles. The van der Waals surface area contributed by atoms with E-state index in [2.05, 4.69) is 31.3 Å². The minimum atomic E-state index is 0.0510. The molecule has 0 heterocycles. The van der Waals surface area contributed by atoms with Gasteiger partial charge in [0.15, 0.2) is 0 Å². The molecule has 0 aliphatic heterocycles. The number of benzene rings is 1. The fourth-order valence-corrected chi connectivity index (χ4v) is 3.43. The van der Waals surface area contributed by atoms with Crippen LogP contribution in [0, 0.1) is 0 Å². The summed E-state index contributed by atoms with van der Waals surface area (Å²) in [6.45, 7) is 6.50. The average Bonchev–Trinajstić information content (AvgIpc) is 2.62. The van der Waals surface area contributed by atoms with Crippen molar-refractivity contribution in [2.75, 3.05) is 25.4 Å². The fraction of sp³-hybridized carbons (Fsp3) is 0.600. The standard InChI is InChI=1S/C20H32N2O2S/c1-3-15-22(16-4-2)20(24)13-8-12-19(23)21-14-9-17-25-18-10-6-5-7-11-18/h5-7,10-11H,3-4,8-9,12-17H2,1-2H3,(H,21,23). The van der Waals surface area contributed by atoms with E-state index in [1.807, 2.05) is 23.1 Å². The first-order valence-electron chi connectivity index (χ1n) is 9.39. The summed E-state index contributed by atoms with van der Waals surface area (Å²) in [7, 11) is 0. The van der Waals surface area contributed by atoms with Gasteiger partial charge in [-0.15, -0.1) is 11.8 Å². The summed E-state index contributed by atoms with van der Waals surface area (Å²) in [5, 5.41) is 2.95. The Labute approximate surface area is 156 Å². The lowest BCUT2D eigenvalue weighted by molar-refractivity contribution is -0.131. The van der Waals surface area contributed by atoms with Crippen molar-refractivity contribution in [1.29, 1.82) is 0 Å². The molecule has 0 aromatic heterocycles. The molecule has 0 atom stereocenters. The lowest BCUT2D eigenvalue weighted by Crippen LogP contribution is -2.32. The number of carbonyl (C=O) groups excluding carboxylic acids is 2. The van der Waals surface area contributed by atoms with Gasteiger partial charge in [0.1, 0.15) is 0 Å². The number of amides is 2. The summed E-state index contributed by atoms with van der Waals surface area (Å²) in [4.78, 5) is 27.1. The van der Waals surface area contributed by atoms with E-state index >= 15 is 0 Å². The zero-order chi connectivity index (χ0) is 18.3. The Kier molecular flexibility index (Phi) is 11.9. The van der Waals surface area contributed by atoms with Crippen LogP contribution in [0.2, 0.25) is 0 Å². The quantitative estimate of drug-likeness (QED) is 0.423. The lowest BCUT2D eigenvalue weighted by Gasteiger charge is -2.21. The van der Waals surface area contributed by atoms with E-state index in [0.29, 0.717) is 25.8 Å². The van der Waals surface area contributed by atoms with Crippen LogP contribution >= 0.6 is 11.8 Å². The molecule has 0 spiro atoms. The first kappa shape index (κ1) is 21.6. The third-order valence-corrected chi connectivity index (χ3v) is 4.89. The van der Waals surface area contributed by atoms with E-state index in [1.165, 1.54) is 4.90 Å². The van der Waals surface area contributed by atoms with Gasteiger partial charge in [0.25, 0.3) is 0 Å². The minimum Gasteiger partial charge on any atom is -0.356 e. The summed E-state index contributed by atoms with van der Waals surface area (Å²) < 4.78 is 0. The molecule has 0 fully saturated rings. The van der Waals surface area contributed by atoms with Gasteiger partial charge >= 0.3 is 0 Å². The maximum atomic E-state index is 12.1. The van der Waals surface area contributed by atoms with E-state index < -0.39 is 0 Å². The molecule has 0 radical (unpaired) electrons. The Balaban J connectivity index is 2.07. The molecule has 2 amide bonds. The monoisotopic (exact) mass is 364 g/mol. The molecule has 0 unspecified atom stereocenters. The lowest BCUT2D eigenvalue weighted by atomic mass is 10.2. The van der Waals surface area contributed by atoms with Gasteiger partial charge in [0.2, 0.25) is 11.8 Å². The second-order valence-electron chi connectivity index (χ2n) is 6.10. The van der Waals surface area contributed by atoms with Crippen LogP contribution in [0.4, 0.5) is 0 Å². The second-order valence-corrected chi connectivity index (χ2v) is 7.27. The van der Waals surface area contributed by atoms with E-state index in [0.717, 1.165) is 38.1 Å². The molecule has 1 aromatic carbocycles. The van der Waals surface area contributed by atoms with E-state index in [1.54, 1.807) is 11.8 Å². The van der Waals surface area contributed by atoms with Crippen molar-refractivity contribution in [3.63, 3.8) is 0 Å². The summed E-state index contributed by atoms with van der Waals surface area (Å²) in [6, 6.07) is 10.3. The third kappa shape index (κ3) is 10.2. The van der Waals surface area contributed by atoms with Gasteiger partial charge in [-0.05, 0) is 43.6 Å². The first-order valence-corrected chi connectivity index (χ1v) is 10.4. The molecule has 5 heteroatoms. The summed E-state index contributed by atoms with van der Waals surface area (Å²) >= 11 is 1.80. The van der Waals surface area contributed by atoms with Gasteiger partial charge in [-0.2, -0.15) is 0 Å². The summed E-state index contributed by atoms with van der Waals surface area (Å²) in [5.74, 6) is 1.22. The molecule has 1 aromatic rings. The van der Waals surface area contributed by atoms with Crippen LogP contribution in [0.1, 0.15) is 52.4 Å². The minimum absolute atomic E-state index is 0.0510. The largest absolute Gasteiger partial charge is 0.356 e. The SMILES string of the molecule is CCCN(CCC)C(=O)CCCC(=O)NCCCSc1ccccc1. The molecule has 0 aliphatic carbocycles. The van der Waals surface area contributed by atoms with Crippen LogP contribution in [0.5, 0.6) is 0 Å². The van der Waals surface area contributed by atoms with Crippen LogP contribution in [0.15, 0.2) is 35.2 Å². The Morgan fingerprint density at radius 2 is 1.68 bits per heavy atom. The Morgan fingerprint density at radius 3 is 2.32 bits per heavy atom. The zero-order valence-corrected chi connectivity index (χ0v) is 16.4. The molecule has 1 rings (SSSR count). The van der Waals surface area contributed by atoms with E-state index in [9.17, 15) is 9.59 Å². The highest BCUT2D eigenvalue weighted by Crippen LogP contribution is 2.17. The van der Waals surface area contributed by atoms with Crippen molar-refractivity contribution in [1.82, 2.24) is 10.2 Å². The van der Waals surface area contributed by atoms with Crippen LogP contribution < -0.4 is 5.32 Å². The van der Waals surface area contributed by atoms with Crippen molar-refractivity contribution >= 4 is 23.6 Å². The van der Waals surface area contributed by atoms with Gasteiger partial charge in [-0.3, -0.25) is 9.59 Å². The van der Waals surface area contributed by atoms with Gasteiger partial charge in [-0.25, -0.2) is 0 Å². The maximum absolute atomic E-state index is 12.1. The zero-order valence-electron chi connectivity index (χ0n) is 15.6. The van der Waals surface area contributed by atoms with E-state index in [4.69, 9.17) is 0 Å². The smallest absolute Gasteiger partial charge is 0.222 e. The highest BCUT2D eigenvalue weighted by atomic mass is 32.2. The van der Waals surface area contributed by atoms with Gasteiger partial charge in [-0.1, -0.05) is 32.0 Å². The number of hydrogen-bond donors (Lipinski definition) is 1. The Hall–Kier alpha value is -1.49. The second kappa shape index (κ2) is 13.8. The van der Waals surface area contributed by atoms with Crippen LogP contribution in [-0.2, 0) is 9.59 Å². The highest BCUT2D eigenvalue weighted by Gasteiger charge is 2.12. The molecule has 0 bridgehead atoms. The molecular weight excluding hydrogens is 332 g/mol. The molecular formula is C20H32N2O2S. The maximum Gasteiger partial charge on any atom is 0.222 e. The summed E-state index contributed by atoms with van der Waals surface area (Å²) in [6.07, 6.45) is 4.44. The topological polar surface area (TPSA) is 49.4 Å². The number of thioether (sulfide) groups is 1. The highest BCUT2D eigenvalue weighted by molar-refractivity contribution is 7.99. The molecule has 0 saturated carbocycles. The van der Waals surface area contributed by atoms with Crippen molar-refractivity contribution in [2.24, 2.45) is 0 Å². The van der Waals surface area contributed by atoms with Gasteiger partial charge in [0, 0.05) is 37.4 Å². The van der Waals surface area contributed by atoms with E-state index in [-0.39, 0.29) is 11.8 Å². The number of rotatable bonds is 13. The summed E-state index contributed by atoms with van der Waals surface area (Å²) in [5.41, 5.74) is 0. The third-order valence-electron chi connectivity index (χ3n) is 3.79. The predicted octanol–water partition coefficient (Wildman–Crippen LogP) is 4.10.